The number of sulfonamides is 1. The van der Waals surface area contributed by atoms with Gasteiger partial charge in [-0.1, -0.05) is 6.92 Å². The number of aliphatic hydroxyl groups excluding tert-OH is 1. The summed E-state index contributed by atoms with van der Waals surface area (Å²) in [5.74, 6) is 0. The van der Waals surface area contributed by atoms with Crippen molar-refractivity contribution in [2.75, 3.05) is 26.4 Å². The van der Waals surface area contributed by atoms with Gasteiger partial charge in [0.15, 0.2) is 9.84 Å². The molecule has 0 radical (unpaired) electrons. The number of sulfone groups is 1. The highest BCUT2D eigenvalue weighted by Crippen LogP contribution is 2.42. The summed E-state index contributed by atoms with van der Waals surface area (Å²) in [4.78, 5) is 0. The van der Waals surface area contributed by atoms with Crippen molar-refractivity contribution >= 4 is 43.6 Å². The normalized spacial score (nSPS) is 22.2. The standard InChI is InChI=1S/C13H22N2O6S3.ClH/c1-2-15-11-6-9(8-21-5-3-4-16)23(17,18)13-10(11)7-12(22-13)24(14,19)20;/h7,9,11,15-16H,2-6,8H2,1H3,(H2,14,19,20);1H. The zero-order valence-electron chi connectivity index (χ0n) is 13.7. The van der Waals surface area contributed by atoms with Gasteiger partial charge in [-0.2, -0.15) is 0 Å². The van der Waals surface area contributed by atoms with Crippen LogP contribution in [0.3, 0.4) is 0 Å². The Balaban J connectivity index is 0.00000312. The number of ether oxygens (including phenoxy) is 1. The fourth-order valence-electron chi connectivity index (χ4n) is 2.62. The van der Waals surface area contributed by atoms with Crippen molar-refractivity contribution in [3.8, 4) is 0 Å². The molecule has 0 saturated heterocycles. The number of hydrogen-bond acceptors (Lipinski definition) is 8. The number of nitrogens with two attached hydrogens (primary N) is 1. The SMILES string of the molecule is CCNC1CC(COCCCO)S(=O)(=O)c2sc(S(N)(=O)=O)cc21.Cl. The molecule has 25 heavy (non-hydrogen) atoms. The maximum absolute atomic E-state index is 12.8. The van der Waals surface area contributed by atoms with Crippen LogP contribution in [-0.4, -0.2) is 53.6 Å². The van der Waals surface area contributed by atoms with Crippen molar-refractivity contribution in [3.05, 3.63) is 11.6 Å². The third-order valence-electron chi connectivity index (χ3n) is 3.76. The fraction of sp³-hybridized carbons (Fsp3) is 0.692. The first-order valence-corrected chi connectivity index (χ1v) is 11.4. The van der Waals surface area contributed by atoms with Gasteiger partial charge in [0.2, 0.25) is 10.0 Å². The fourth-order valence-corrected chi connectivity index (χ4v) is 7.17. The minimum absolute atomic E-state index is 0. The predicted octanol–water partition coefficient (Wildman–Crippen LogP) is 0.413. The molecule has 0 amide bonds. The summed E-state index contributed by atoms with van der Waals surface area (Å²) in [5, 5.41) is 16.3. The van der Waals surface area contributed by atoms with E-state index >= 15 is 0 Å². The predicted molar refractivity (Wildman–Crippen MR) is 97.5 cm³/mol. The van der Waals surface area contributed by atoms with E-state index in [4.69, 9.17) is 15.0 Å². The van der Waals surface area contributed by atoms with Gasteiger partial charge in [0, 0.05) is 24.8 Å². The molecule has 1 aliphatic heterocycles. The number of primary sulfonamides is 1. The minimum atomic E-state index is -3.96. The van der Waals surface area contributed by atoms with Gasteiger partial charge in [-0.25, -0.2) is 22.0 Å². The van der Waals surface area contributed by atoms with Crippen LogP contribution >= 0.6 is 23.7 Å². The highest BCUT2D eigenvalue weighted by Gasteiger charge is 2.41. The van der Waals surface area contributed by atoms with Crippen LogP contribution in [0, 0.1) is 0 Å². The number of hydrogen-bond donors (Lipinski definition) is 3. The van der Waals surface area contributed by atoms with Crippen LogP contribution in [0.1, 0.15) is 31.4 Å². The molecular formula is C13H23ClN2O6S3. The topological polar surface area (TPSA) is 136 Å². The number of fused-ring (bicyclic) bond motifs is 1. The van der Waals surface area contributed by atoms with Crippen molar-refractivity contribution in [1.82, 2.24) is 5.32 Å². The van der Waals surface area contributed by atoms with Crippen LogP contribution in [0.25, 0.3) is 0 Å². The van der Waals surface area contributed by atoms with Crippen molar-refractivity contribution in [1.29, 1.82) is 0 Å². The van der Waals surface area contributed by atoms with Gasteiger partial charge in [-0.15, -0.1) is 23.7 Å². The third kappa shape index (κ3) is 5.13. The van der Waals surface area contributed by atoms with E-state index in [0.29, 0.717) is 36.3 Å². The summed E-state index contributed by atoms with van der Waals surface area (Å²) >= 11 is 0.690. The summed E-state index contributed by atoms with van der Waals surface area (Å²) in [6, 6.07) is 1.08. The molecule has 146 valence electrons. The van der Waals surface area contributed by atoms with E-state index < -0.39 is 25.1 Å². The average Bonchev–Trinajstić information content (AvgIpc) is 2.95. The highest BCUT2D eigenvalue weighted by atomic mass is 35.5. The maximum Gasteiger partial charge on any atom is 0.247 e. The van der Waals surface area contributed by atoms with E-state index in [-0.39, 0.29) is 46.7 Å². The molecule has 0 aromatic carbocycles. The summed E-state index contributed by atoms with van der Waals surface area (Å²) in [6.45, 7) is 2.76. The Labute approximate surface area is 158 Å². The Morgan fingerprint density at radius 3 is 2.72 bits per heavy atom. The molecule has 0 saturated carbocycles. The van der Waals surface area contributed by atoms with Gasteiger partial charge >= 0.3 is 0 Å². The number of rotatable bonds is 8. The number of nitrogens with one attached hydrogen (secondary N) is 1. The quantitative estimate of drug-likeness (QED) is 0.504. The summed E-state index contributed by atoms with van der Waals surface area (Å²) in [6.07, 6.45) is 0.728. The van der Waals surface area contributed by atoms with Gasteiger partial charge in [-0.3, -0.25) is 0 Å². The monoisotopic (exact) mass is 434 g/mol. The second-order valence-electron chi connectivity index (χ2n) is 5.52. The van der Waals surface area contributed by atoms with Crippen molar-refractivity contribution < 1.29 is 26.7 Å². The van der Waals surface area contributed by atoms with Gasteiger partial charge in [0.1, 0.15) is 8.42 Å². The van der Waals surface area contributed by atoms with Crippen molar-refractivity contribution in [2.45, 2.75) is 39.5 Å². The van der Waals surface area contributed by atoms with Gasteiger partial charge < -0.3 is 15.2 Å². The Bertz CT molecular complexity index is 778. The van der Waals surface area contributed by atoms with Crippen LogP contribution in [-0.2, 0) is 24.6 Å². The van der Waals surface area contributed by atoms with E-state index in [1.807, 2.05) is 6.92 Å². The molecule has 1 aliphatic rings. The smallest absolute Gasteiger partial charge is 0.247 e. The van der Waals surface area contributed by atoms with Gasteiger partial charge in [0.25, 0.3) is 0 Å². The molecule has 2 heterocycles. The molecular weight excluding hydrogens is 412 g/mol. The van der Waals surface area contributed by atoms with E-state index in [9.17, 15) is 16.8 Å². The molecule has 2 rings (SSSR count). The molecule has 0 fully saturated rings. The molecule has 0 aliphatic carbocycles. The van der Waals surface area contributed by atoms with E-state index in [1.165, 1.54) is 6.07 Å². The lowest BCUT2D eigenvalue weighted by molar-refractivity contribution is 0.112. The van der Waals surface area contributed by atoms with E-state index in [2.05, 4.69) is 5.32 Å². The van der Waals surface area contributed by atoms with Crippen LogP contribution in [0.2, 0.25) is 0 Å². The molecule has 1 aromatic rings. The summed E-state index contributed by atoms with van der Waals surface area (Å²) < 4.78 is 54.0. The first-order chi connectivity index (χ1) is 11.2. The number of halogens is 1. The molecule has 2 unspecified atom stereocenters. The van der Waals surface area contributed by atoms with Crippen molar-refractivity contribution in [2.24, 2.45) is 5.14 Å². The van der Waals surface area contributed by atoms with E-state index in [0.717, 1.165) is 0 Å². The Morgan fingerprint density at radius 1 is 1.48 bits per heavy atom. The highest BCUT2D eigenvalue weighted by molar-refractivity contribution is 7.95. The maximum atomic E-state index is 12.8. The lowest BCUT2D eigenvalue weighted by Gasteiger charge is -2.29. The van der Waals surface area contributed by atoms with Crippen LogP contribution in [0.5, 0.6) is 0 Å². The second-order valence-corrected chi connectivity index (χ2v) is 10.8. The first-order valence-electron chi connectivity index (χ1n) is 7.54. The number of aliphatic hydroxyl groups is 1. The lowest BCUT2D eigenvalue weighted by Crippen LogP contribution is -2.37. The molecule has 0 bridgehead atoms. The average molecular weight is 435 g/mol. The first kappa shape index (κ1) is 22.8. The minimum Gasteiger partial charge on any atom is -0.396 e. The largest absolute Gasteiger partial charge is 0.396 e. The molecule has 4 N–H and O–H groups in total. The molecule has 8 nitrogen and oxygen atoms in total. The summed E-state index contributed by atoms with van der Waals surface area (Å²) in [7, 11) is -7.65. The summed E-state index contributed by atoms with van der Waals surface area (Å²) in [5.41, 5.74) is 0.456. The lowest BCUT2D eigenvalue weighted by atomic mass is 10.0. The number of thiophene rings is 1. The molecule has 12 heteroatoms. The van der Waals surface area contributed by atoms with Crippen LogP contribution < -0.4 is 10.5 Å². The van der Waals surface area contributed by atoms with Crippen LogP contribution in [0.4, 0.5) is 0 Å². The third-order valence-corrected chi connectivity index (χ3v) is 9.03. The Kier molecular flexibility index (Phi) is 8.28. The Morgan fingerprint density at radius 2 is 2.16 bits per heavy atom. The molecule has 1 aromatic heterocycles. The molecule has 0 spiro atoms. The molecule has 2 atom stereocenters. The van der Waals surface area contributed by atoms with E-state index in [1.54, 1.807) is 0 Å². The zero-order valence-corrected chi connectivity index (χ0v) is 16.9. The second kappa shape index (κ2) is 9.09. The van der Waals surface area contributed by atoms with Crippen LogP contribution in [0.15, 0.2) is 14.5 Å². The Hall–Kier alpha value is -0.270. The van der Waals surface area contributed by atoms with Gasteiger partial charge in [-0.05, 0) is 25.5 Å². The zero-order chi connectivity index (χ0) is 18.0. The van der Waals surface area contributed by atoms with Crippen molar-refractivity contribution in [3.63, 3.8) is 0 Å². The van der Waals surface area contributed by atoms with Gasteiger partial charge in [0.05, 0.1) is 11.9 Å².